The smallest absolute Gasteiger partial charge is 0.0588 e. The van der Waals surface area contributed by atoms with Crippen molar-refractivity contribution in [1.29, 1.82) is 5.39 Å². The van der Waals surface area contributed by atoms with Crippen molar-refractivity contribution >= 4 is 21.6 Å². The average molecular weight is 199 g/mol. The summed E-state index contributed by atoms with van der Waals surface area (Å²) in [5.74, 6) is 0. The molecule has 0 amide bonds. The van der Waals surface area contributed by atoms with Gasteiger partial charge in [0.1, 0.15) is 5.69 Å². The minimum Gasteiger partial charge on any atom is -0.0588 e. The number of diazo groups is 1. The lowest BCUT2D eigenvalue weighted by molar-refractivity contribution is 1.39. The Kier molecular flexibility index (Phi) is 2.24. The summed E-state index contributed by atoms with van der Waals surface area (Å²) in [4.78, 5) is 0. The van der Waals surface area contributed by atoms with E-state index < -0.39 is 0 Å². The van der Waals surface area contributed by atoms with Crippen molar-refractivity contribution in [3.63, 3.8) is 0 Å². The molecule has 0 fully saturated rings. The first-order valence-electron chi connectivity index (χ1n) is 2.68. The second kappa shape index (κ2) is 3.18. The van der Waals surface area contributed by atoms with Crippen LogP contribution in [0.4, 0.5) is 5.69 Å². The maximum Gasteiger partial charge on any atom is 0.308 e. The topological polar surface area (TPSA) is 40.2 Å². The molecule has 0 saturated heterocycles. The highest BCUT2D eigenvalue weighted by molar-refractivity contribution is 9.10. The van der Waals surface area contributed by atoms with Gasteiger partial charge in [0.15, 0.2) is 0 Å². The minimum absolute atomic E-state index is 0.747. The van der Waals surface area contributed by atoms with Crippen molar-refractivity contribution in [2.75, 3.05) is 5.43 Å². The molecule has 1 aromatic carbocycles. The lowest BCUT2D eigenvalue weighted by atomic mass is 10.3. The molecule has 0 radical (unpaired) electrons. The summed E-state index contributed by atoms with van der Waals surface area (Å²) >= 11 is 3.27. The number of anilines is 1. The highest BCUT2D eigenvalue weighted by Crippen LogP contribution is 2.15. The van der Waals surface area contributed by atoms with Crippen LogP contribution in [0.1, 0.15) is 0 Å². The van der Waals surface area contributed by atoms with E-state index >= 15 is 0 Å². The maximum absolute atomic E-state index is 8.11. The Hall–Kier alpha value is -1.08. The third kappa shape index (κ3) is 1.71. The van der Waals surface area contributed by atoms with Gasteiger partial charge < -0.3 is 0 Å². The predicted octanol–water partition coefficient (Wildman–Crippen LogP) is 2.63. The zero-order chi connectivity index (χ0) is 7.40. The first-order chi connectivity index (χ1) is 4.83. The summed E-state index contributed by atoms with van der Waals surface area (Å²) in [5, 5.41) is 10.9. The van der Waals surface area contributed by atoms with Gasteiger partial charge >= 0.3 is 5.08 Å². The van der Waals surface area contributed by atoms with Gasteiger partial charge in [-0.25, -0.2) is 0 Å². The Morgan fingerprint density at radius 2 is 2.30 bits per heavy atom. The second-order valence-corrected chi connectivity index (χ2v) is 2.64. The minimum atomic E-state index is 0.747. The van der Waals surface area contributed by atoms with Crippen LogP contribution < -0.4 is 5.43 Å². The van der Waals surface area contributed by atoms with Gasteiger partial charge in [0.2, 0.25) is 0 Å². The van der Waals surface area contributed by atoms with Crippen LogP contribution in [0.15, 0.2) is 28.7 Å². The molecule has 0 aliphatic heterocycles. The van der Waals surface area contributed by atoms with Crippen molar-refractivity contribution in [2.24, 2.45) is 0 Å². The van der Waals surface area contributed by atoms with Gasteiger partial charge in [0.05, 0.1) is 0 Å². The quantitative estimate of drug-likeness (QED) is 0.557. The molecule has 4 heteroatoms. The summed E-state index contributed by atoms with van der Waals surface area (Å²) < 4.78 is 0.946. The van der Waals surface area contributed by atoms with E-state index in [9.17, 15) is 0 Å². The molecule has 0 spiro atoms. The molecule has 0 atom stereocenters. The van der Waals surface area contributed by atoms with Crippen molar-refractivity contribution in [2.45, 2.75) is 0 Å². The van der Waals surface area contributed by atoms with Crippen LogP contribution in [0, 0.1) is 5.39 Å². The number of rotatable bonds is 1. The Morgan fingerprint density at radius 1 is 1.50 bits per heavy atom. The van der Waals surface area contributed by atoms with E-state index in [1.165, 1.54) is 0 Å². The van der Waals surface area contributed by atoms with Crippen molar-refractivity contribution in [3.05, 3.63) is 33.8 Å². The van der Waals surface area contributed by atoms with E-state index in [1.807, 2.05) is 12.1 Å². The molecule has 0 aliphatic rings. The van der Waals surface area contributed by atoms with Gasteiger partial charge in [0, 0.05) is 4.47 Å². The molecular weight excluding hydrogens is 194 g/mol. The lowest BCUT2D eigenvalue weighted by Gasteiger charge is -1.88. The van der Waals surface area contributed by atoms with E-state index in [-0.39, 0.29) is 0 Å². The van der Waals surface area contributed by atoms with Crippen molar-refractivity contribution < 1.29 is 0 Å². The summed E-state index contributed by atoms with van der Waals surface area (Å²) in [6.45, 7) is 0. The number of benzene rings is 1. The van der Waals surface area contributed by atoms with E-state index in [0.29, 0.717) is 0 Å². The summed E-state index contributed by atoms with van der Waals surface area (Å²) in [6, 6.07) is 7.34. The second-order valence-electron chi connectivity index (χ2n) is 1.72. The molecule has 0 heterocycles. The molecule has 0 bridgehead atoms. The number of nitrogens with zero attached hydrogens (tertiary/aromatic N) is 2. The molecular formula is C6H5BrN3+. The zero-order valence-corrected chi connectivity index (χ0v) is 6.67. The number of hydrogen-bond donors (Lipinski definition) is 1. The zero-order valence-electron chi connectivity index (χ0n) is 5.08. The Bertz CT molecular complexity index is 266. The molecule has 3 nitrogen and oxygen atoms in total. The van der Waals surface area contributed by atoms with Gasteiger partial charge in [-0.15, -0.1) is 0 Å². The van der Waals surface area contributed by atoms with Crippen LogP contribution in [0.5, 0.6) is 0 Å². The van der Waals surface area contributed by atoms with E-state index in [0.717, 1.165) is 10.2 Å². The van der Waals surface area contributed by atoms with E-state index in [2.05, 4.69) is 26.4 Å². The predicted molar refractivity (Wildman–Crippen MR) is 42.8 cm³/mol. The largest absolute Gasteiger partial charge is 0.308 e. The van der Waals surface area contributed by atoms with Crippen LogP contribution in [-0.2, 0) is 0 Å². The van der Waals surface area contributed by atoms with Crippen molar-refractivity contribution in [3.8, 4) is 0 Å². The molecule has 10 heavy (non-hydrogen) atoms. The number of nitrogens with one attached hydrogen (secondary N) is 1. The highest BCUT2D eigenvalue weighted by Gasteiger charge is 1.95. The summed E-state index contributed by atoms with van der Waals surface area (Å²) in [5.41, 5.74) is 3.15. The monoisotopic (exact) mass is 198 g/mol. The third-order valence-electron chi connectivity index (χ3n) is 1.00. The van der Waals surface area contributed by atoms with Crippen LogP contribution in [-0.4, -0.2) is 0 Å². The fourth-order valence-electron chi connectivity index (χ4n) is 0.616. The maximum atomic E-state index is 8.11. The summed E-state index contributed by atoms with van der Waals surface area (Å²) in [6.07, 6.45) is 0. The SMILES string of the molecule is N#[N+]Nc1cccc(Br)c1. The molecule has 50 valence electrons. The molecule has 0 aliphatic carbocycles. The van der Waals surface area contributed by atoms with Gasteiger partial charge in [-0.3, -0.25) is 0 Å². The third-order valence-corrected chi connectivity index (χ3v) is 1.50. The molecule has 1 aromatic rings. The normalized spacial score (nSPS) is 8.40. The average Bonchev–Trinajstić information content (AvgIpc) is 1.88. The fourth-order valence-corrected chi connectivity index (χ4v) is 1.02. The number of hydrogen-bond acceptors (Lipinski definition) is 2. The molecule has 1 rings (SSSR count). The van der Waals surface area contributed by atoms with Crippen molar-refractivity contribution in [1.82, 2.24) is 0 Å². The van der Waals surface area contributed by atoms with Crippen LogP contribution in [0.3, 0.4) is 0 Å². The van der Waals surface area contributed by atoms with E-state index in [1.54, 1.807) is 12.1 Å². The fraction of sp³-hybridized carbons (Fsp3) is 0. The lowest BCUT2D eigenvalue weighted by Crippen LogP contribution is -1.81. The highest BCUT2D eigenvalue weighted by atomic mass is 79.9. The molecule has 0 aromatic heterocycles. The number of halogens is 1. The molecule has 0 unspecified atom stereocenters. The first-order valence-corrected chi connectivity index (χ1v) is 3.48. The standard InChI is InChI=1S/C6H5BrN3/c7-5-2-1-3-6(4-5)9-10-8/h1-4,9H/q+1. The van der Waals surface area contributed by atoms with E-state index in [4.69, 9.17) is 5.39 Å². The Balaban J connectivity index is 2.87. The Labute approximate surface area is 66.8 Å². The van der Waals surface area contributed by atoms with Gasteiger partial charge in [-0.1, -0.05) is 22.0 Å². The molecule has 0 saturated carbocycles. The molecule has 1 N–H and O–H groups in total. The van der Waals surface area contributed by atoms with Gasteiger partial charge in [-0.2, -0.15) is 0 Å². The summed E-state index contributed by atoms with van der Waals surface area (Å²) in [7, 11) is 0. The first kappa shape index (κ1) is 7.03. The van der Waals surface area contributed by atoms with Gasteiger partial charge in [-0.05, 0) is 23.6 Å². The van der Waals surface area contributed by atoms with Gasteiger partial charge in [0.25, 0.3) is 5.39 Å². The van der Waals surface area contributed by atoms with Crippen LogP contribution in [0.25, 0.3) is 5.08 Å². The van der Waals surface area contributed by atoms with Crippen LogP contribution in [0.2, 0.25) is 0 Å². The van der Waals surface area contributed by atoms with Crippen LogP contribution >= 0.6 is 15.9 Å². The Morgan fingerprint density at radius 3 is 2.90 bits per heavy atom.